The van der Waals surface area contributed by atoms with E-state index in [1.54, 1.807) is 7.11 Å². The fraction of sp³-hybridized carbons (Fsp3) is 0.462. The Morgan fingerprint density at radius 3 is 2.15 bits per heavy atom. The van der Waals surface area contributed by atoms with E-state index in [0.717, 1.165) is 63.4 Å². The molecule has 0 unspecified atom stereocenters. The third-order valence-corrected chi connectivity index (χ3v) is 10.3. The molecule has 1 amide bonds. The van der Waals surface area contributed by atoms with Gasteiger partial charge in [0.05, 0.1) is 7.11 Å². The summed E-state index contributed by atoms with van der Waals surface area (Å²) in [5.41, 5.74) is 8.68. The lowest BCUT2D eigenvalue weighted by Crippen LogP contribution is -2.49. The Hall–Kier alpha value is -3.65. The first-order valence-electron chi connectivity index (χ1n) is 17.1. The van der Waals surface area contributed by atoms with Crippen LogP contribution in [0.3, 0.4) is 0 Å². The minimum Gasteiger partial charge on any atom is -0.497 e. The lowest BCUT2D eigenvalue weighted by Gasteiger charge is -2.34. The number of methoxy groups -OCH3 is 1. The van der Waals surface area contributed by atoms with Gasteiger partial charge in [-0.3, -0.25) is 9.69 Å². The topological polar surface area (TPSA) is 44.2 Å². The fourth-order valence-corrected chi connectivity index (χ4v) is 7.11. The number of likely N-dealkylation sites (N-methyl/N-ethyl adjacent to an activating group) is 1. The molecule has 7 heteroatoms. The van der Waals surface area contributed by atoms with Crippen LogP contribution in [-0.4, -0.2) is 110 Å². The minimum atomic E-state index is 0.146. The van der Waals surface area contributed by atoms with Crippen LogP contribution in [0.1, 0.15) is 44.7 Å². The van der Waals surface area contributed by atoms with Crippen LogP contribution in [0.2, 0.25) is 0 Å². The smallest absolute Gasteiger partial charge is 0.253 e. The molecule has 2 aliphatic heterocycles. The van der Waals surface area contributed by atoms with E-state index in [1.165, 1.54) is 78.0 Å². The van der Waals surface area contributed by atoms with E-state index in [9.17, 15) is 4.79 Å². The molecule has 46 heavy (non-hydrogen) atoms. The Labute approximate surface area is 275 Å². The van der Waals surface area contributed by atoms with Gasteiger partial charge >= 0.3 is 0 Å². The van der Waals surface area contributed by atoms with Gasteiger partial charge in [-0.1, -0.05) is 30.3 Å². The van der Waals surface area contributed by atoms with E-state index in [0.29, 0.717) is 0 Å². The van der Waals surface area contributed by atoms with Gasteiger partial charge < -0.3 is 24.0 Å². The Kier molecular flexibility index (Phi) is 10.4. The van der Waals surface area contributed by atoms with E-state index in [2.05, 4.69) is 82.6 Å². The first-order chi connectivity index (χ1) is 22.4. The molecule has 2 aliphatic rings. The first kappa shape index (κ1) is 32.3. The van der Waals surface area contributed by atoms with Crippen LogP contribution >= 0.6 is 0 Å². The number of nitrogens with zero attached hydrogens (tertiary/aromatic N) is 5. The molecule has 0 atom stereocenters. The van der Waals surface area contributed by atoms with Crippen molar-refractivity contribution < 1.29 is 9.53 Å². The highest BCUT2D eigenvalue weighted by molar-refractivity contribution is 5.94. The number of hydrogen-bond acceptors (Lipinski definition) is 5. The van der Waals surface area contributed by atoms with Gasteiger partial charge in [-0.25, -0.2) is 0 Å². The van der Waals surface area contributed by atoms with E-state index in [4.69, 9.17) is 4.74 Å². The fourth-order valence-electron chi connectivity index (χ4n) is 7.11. The summed E-state index contributed by atoms with van der Waals surface area (Å²) in [6, 6.07) is 23.5. The zero-order valence-electron chi connectivity index (χ0n) is 28.3. The molecule has 6 rings (SSSR count). The quantitative estimate of drug-likeness (QED) is 0.222. The monoisotopic (exact) mass is 621 g/mol. The van der Waals surface area contributed by atoms with E-state index in [1.807, 2.05) is 29.2 Å². The van der Waals surface area contributed by atoms with Crippen LogP contribution in [0.25, 0.3) is 10.9 Å². The molecule has 0 aliphatic carbocycles. The van der Waals surface area contributed by atoms with Crippen molar-refractivity contribution in [1.82, 2.24) is 24.2 Å². The van der Waals surface area contributed by atoms with Crippen molar-refractivity contribution in [3.63, 3.8) is 0 Å². The van der Waals surface area contributed by atoms with Crippen molar-refractivity contribution in [2.75, 3.05) is 79.6 Å². The minimum absolute atomic E-state index is 0.146. The summed E-state index contributed by atoms with van der Waals surface area (Å²) in [6.07, 6.45) is 3.00. The van der Waals surface area contributed by atoms with Crippen LogP contribution < -0.4 is 4.74 Å². The van der Waals surface area contributed by atoms with E-state index >= 15 is 0 Å². The molecule has 0 bridgehead atoms. The van der Waals surface area contributed by atoms with Gasteiger partial charge in [-0.05, 0) is 105 Å². The number of fused-ring (bicyclic) bond motifs is 1. The van der Waals surface area contributed by atoms with Crippen molar-refractivity contribution in [2.45, 2.75) is 39.7 Å². The van der Waals surface area contributed by atoms with Gasteiger partial charge in [-0.2, -0.15) is 0 Å². The lowest BCUT2D eigenvalue weighted by molar-refractivity contribution is 0.0638. The molecule has 0 saturated carbocycles. The van der Waals surface area contributed by atoms with E-state index in [-0.39, 0.29) is 5.91 Å². The second kappa shape index (κ2) is 14.8. The summed E-state index contributed by atoms with van der Waals surface area (Å²) in [5.74, 6) is 1.04. The van der Waals surface area contributed by atoms with Crippen LogP contribution in [0, 0.1) is 13.8 Å². The standard InChI is InChI=1S/C39H51N5O2/c1-30-31(2)44(17-6-16-41-21-19-40(3)20-22-41)38-14-11-34(29-37(30)38)27-33-7-5-8-35(28-33)39(45)43-25-23-42(24-26-43)18-15-32-9-12-36(46-4)13-10-32/h5,7-14,28-29H,6,15-27H2,1-4H3. The summed E-state index contributed by atoms with van der Waals surface area (Å²) < 4.78 is 7.79. The Morgan fingerprint density at radius 2 is 1.41 bits per heavy atom. The SMILES string of the molecule is COc1ccc(CCN2CCN(C(=O)c3cccc(Cc4ccc5c(c4)c(C)c(C)n5CCCN4CCN(C)CC4)c3)CC2)cc1. The number of aromatic nitrogens is 1. The number of benzene rings is 3. The average Bonchev–Trinajstić information content (AvgIpc) is 3.32. The molecule has 1 aromatic heterocycles. The van der Waals surface area contributed by atoms with Crippen molar-refractivity contribution >= 4 is 16.8 Å². The third kappa shape index (κ3) is 7.65. The van der Waals surface area contributed by atoms with Gasteiger partial charge in [0.25, 0.3) is 5.91 Å². The summed E-state index contributed by atoms with van der Waals surface area (Å²) >= 11 is 0. The lowest BCUT2D eigenvalue weighted by atomic mass is 10.0. The van der Waals surface area contributed by atoms with Crippen LogP contribution in [0.15, 0.2) is 66.7 Å². The van der Waals surface area contributed by atoms with E-state index < -0.39 is 0 Å². The molecule has 0 radical (unpaired) electrons. The zero-order chi connectivity index (χ0) is 32.0. The third-order valence-electron chi connectivity index (χ3n) is 10.3. The Morgan fingerprint density at radius 1 is 0.739 bits per heavy atom. The largest absolute Gasteiger partial charge is 0.497 e. The molecular formula is C39H51N5O2. The molecule has 2 saturated heterocycles. The van der Waals surface area contributed by atoms with Gasteiger partial charge in [0, 0.05) is 87.6 Å². The summed E-state index contributed by atoms with van der Waals surface area (Å²) in [7, 11) is 3.92. The number of carbonyl (C=O) groups excluding carboxylic acids is 1. The number of aryl methyl sites for hydroxylation is 2. The van der Waals surface area contributed by atoms with Crippen LogP contribution in [-0.2, 0) is 19.4 Å². The summed E-state index contributed by atoms with van der Waals surface area (Å²) in [6.45, 7) is 15.8. The summed E-state index contributed by atoms with van der Waals surface area (Å²) in [4.78, 5) is 23.0. The number of hydrogen-bond donors (Lipinski definition) is 0. The maximum Gasteiger partial charge on any atom is 0.253 e. The second-order valence-electron chi connectivity index (χ2n) is 13.3. The highest BCUT2D eigenvalue weighted by Gasteiger charge is 2.22. The van der Waals surface area contributed by atoms with Crippen LogP contribution in [0.5, 0.6) is 5.75 Å². The Balaban J connectivity index is 1.03. The second-order valence-corrected chi connectivity index (χ2v) is 13.3. The maximum atomic E-state index is 13.5. The number of amides is 1. The van der Waals surface area contributed by atoms with Gasteiger partial charge in [0.15, 0.2) is 0 Å². The summed E-state index contributed by atoms with van der Waals surface area (Å²) in [5, 5.41) is 1.35. The molecular weight excluding hydrogens is 570 g/mol. The Bertz CT molecular complexity index is 1610. The van der Waals surface area contributed by atoms with Gasteiger partial charge in [-0.15, -0.1) is 0 Å². The molecule has 244 valence electrons. The predicted octanol–water partition coefficient (Wildman–Crippen LogP) is 5.50. The highest BCUT2D eigenvalue weighted by Crippen LogP contribution is 2.28. The van der Waals surface area contributed by atoms with Crippen LogP contribution in [0.4, 0.5) is 0 Å². The van der Waals surface area contributed by atoms with Crippen molar-refractivity contribution in [2.24, 2.45) is 0 Å². The molecule has 4 aromatic rings. The molecule has 0 spiro atoms. The average molecular weight is 622 g/mol. The number of ether oxygens (including phenoxy) is 1. The zero-order valence-corrected chi connectivity index (χ0v) is 28.3. The van der Waals surface area contributed by atoms with Crippen molar-refractivity contribution in [3.05, 3.63) is 100 Å². The maximum absolute atomic E-state index is 13.5. The normalized spacial score (nSPS) is 16.7. The number of piperazine rings is 2. The molecule has 7 nitrogen and oxygen atoms in total. The van der Waals surface area contributed by atoms with Gasteiger partial charge in [0.1, 0.15) is 5.75 Å². The molecule has 3 heterocycles. The molecule has 2 fully saturated rings. The first-order valence-corrected chi connectivity index (χ1v) is 17.1. The molecule has 3 aromatic carbocycles. The highest BCUT2D eigenvalue weighted by atomic mass is 16.5. The number of rotatable bonds is 11. The van der Waals surface area contributed by atoms with Crippen molar-refractivity contribution in [1.29, 1.82) is 0 Å². The van der Waals surface area contributed by atoms with Crippen molar-refractivity contribution in [3.8, 4) is 5.75 Å². The number of carbonyl (C=O) groups is 1. The predicted molar refractivity (Wildman–Crippen MR) is 188 cm³/mol. The van der Waals surface area contributed by atoms with Gasteiger partial charge in [0.2, 0.25) is 0 Å². The molecule has 0 N–H and O–H groups in total.